The molecule has 31 heavy (non-hydrogen) atoms. The van der Waals surface area contributed by atoms with Gasteiger partial charge in [-0.3, -0.25) is 19.7 Å². The molecule has 2 fully saturated rings. The van der Waals surface area contributed by atoms with Gasteiger partial charge in [-0.25, -0.2) is 0 Å². The minimum absolute atomic E-state index is 0.0596. The first-order valence-electron chi connectivity index (χ1n) is 10.8. The molecule has 2 amide bonds. The highest BCUT2D eigenvalue weighted by Gasteiger charge is 2.52. The molecule has 7 heteroatoms. The molecular formula is C24H25N5O2. The van der Waals surface area contributed by atoms with Crippen LogP contribution < -0.4 is 0 Å². The fraction of sp³-hybridized carbons (Fsp3) is 0.333. The van der Waals surface area contributed by atoms with E-state index in [1.54, 1.807) is 12.4 Å². The number of amides is 2. The van der Waals surface area contributed by atoms with Crippen molar-refractivity contribution >= 4 is 11.8 Å². The third-order valence-corrected chi connectivity index (χ3v) is 6.46. The molecule has 4 heterocycles. The number of benzene rings is 1. The van der Waals surface area contributed by atoms with Crippen molar-refractivity contribution in [2.45, 2.75) is 37.8 Å². The van der Waals surface area contributed by atoms with Crippen LogP contribution in [-0.4, -0.2) is 55.4 Å². The molecule has 5 rings (SSSR count). The molecule has 0 aliphatic carbocycles. The standard InChI is InChI=1S/C24H25N5O2/c30-22(19-8-6-18(7-9-19)21-10-14-26-27-21)29-16-4-12-24(29)11-3-15-28(23(24)31)17-20-5-1-2-13-25-20/h1-2,5-10,13-14H,3-4,11-12,15-17H2,(H,26,27). The number of carbonyl (C=O) groups is 2. The molecular weight excluding hydrogens is 390 g/mol. The minimum Gasteiger partial charge on any atom is -0.335 e. The van der Waals surface area contributed by atoms with Gasteiger partial charge < -0.3 is 9.80 Å². The fourth-order valence-electron chi connectivity index (χ4n) is 4.92. The molecule has 1 N–H and O–H groups in total. The van der Waals surface area contributed by atoms with Gasteiger partial charge >= 0.3 is 0 Å². The lowest BCUT2D eigenvalue weighted by Crippen LogP contribution is -2.61. The van der Waals surface area contributed by atoms with Gasteiger partial charge in [-0.2, -0.15) is 5.10 Å². The normalized spacial score (nSPS) is 21.1. The van der Waals surface area contributed by atoms with Crippen molar-refractivity contribution in [3.8, 4) is 11.3 Å². The Morgan fingerprint density at radius 2 is 1.81 bits per heavy atom. The Labute approximate surface area is 181 Å². The van der Waals surface area contributed by atoms with E-state index < -0.39 is 5.54 Å². The van der Waals surface area contributed by atoms with Crippen LogP contribution in [0.15, 0.2) is 60.9 Å². The highest BCUT2D eigenvalue weighted by atomic mass is 16.2. The average Bonchev–Trinajstić information content (AvgIpc) is 3.49. The van der Waals surface area contributed by atoms with Crippen LogP contribution in [0, 0.1) is 0 Å². The van der Waals surface area contributed by atoms with Crippen LogP contribution in [0.5, 0.6) is 0 Å². The Morgan fingerprint density at radius 3 is 2.52 bits per heavy atom. The lowest BCUT2D eigenvalue weighted by Gasteiger charge is -2.44. The number of nitrogens with zero attached hydrogens (tertiary/aromatic N) is 4. The lowest BCUT2D eigenvalue weighted by atomic mass is 9.85. The van der Waals surface area contributed by atoms with Crippen molar-refractivity contribution in [1.82, 2.24) is 25.0 Å². The second-order valence-corrected chi connectivity index (χ2v) is 8.29. The molecule has 3 aromatic rings. The molecule has 2 aliphatic heterocycles. The number of aromatic amines is 1. The monoisotopic (exact) mass is 415 g/mol. The first-order valence-corrected chi connectivity index (χ1v) is 10.8. The summed E-state index contributed by atoms with van der Waals surface area (Å²) in [6.07, 6.45) is 6.64. The number of likely N-dealkylation sites (tertiary alicyclic amines) is 2. The molecule has 0 radical (unpaired) electrons. The fourth-order valence-corrected chi connectivity index (χ4v) is 4.92. The number of aromatic nitrogens is 3. The van der Waals surface area contributed by atoms with Gasteiger partial charge in [0.05, 0.1) is 17.9 Å². The van der Waals surface area contributed by atoms with Crippen molar-refractivity contribution in [3.63, 3.8) is 0 Å². The van der Waals surface area contributed by atoms with E-state index in [-0.39, 0.29) is 11.8 Å². The quantitative estimate of drug-likeness (QED) is 0.709. The molecule has 158 valence electrons. The van der Waals surface area contributed by atoms with E-state index in [0.29, 0.717) is 25.2 Å². The largest absolute Gasteiger partial charge is 0.335 e. The van der Waals surface area contributed by atoms with Crippen molar-refractivity contribution in [3.05, 3.63) is 72.2 Å². The molecule has 7 nitrogen and oxygen atoms in total. The third-order valence-electron chi connectivity index (χ3n) is 6.46. The summed E-state index contributed by atoms with van der Waals surface area (Å²) in [5.74, 6) is -0.00831. The second-order valence-electron chi connectivity index (χ2n) is 8.29. The topological polar surface area (TPSA) is 82.2 Å². The first kappa shape index (κ1) is 19.5. The average molecular weight is 415 g/mol. The van der Waals surface area contributed by atoms with Crippen LogP contribution in [-0.2, 0) is 11.3 Å². The zero-order chi connectivity index (χ0) is 21.3. The predicted molar refractivity (Wildman–Crippen MR) is 116 cm³/mol. The van der Waals surface area contributed by atoms with Gasteiger partial charge in [-0.15, -0.1) is 0 Å². The van der Waals surface area contributed by atoms with Crippen LogP contribution in [0.4, 0.5) is 0 Å². The zero-order valence-corrected chi connectivity index (χ0v) is 17.3. The lowest BCUT2D eigenvalue weighted by molar-refractivity contribution is -0.146. The second kappa shape index (κ2) is 7.98. The van der Waals surface area contributed by atoms with Gasteiger partial charge in [0, 0.05) is 31.0 Å². The first-order chi connectivity index (χ1) is 15.2. The van der Waals surface area contributed by atoms with Crippen LogP contribution in [0.25, 0.3) is 11.3 Å². The number of hydrogen-bond donors (Lipinski definition) is 1. The molecule has 1 unspecified atom stereocenters. The van der Waals surface area contributed by atoms with E-state index in [9.17, 15) is 9.59 Å². The third kappa shape index (κ3) is 3.50. The molecule has 1 spiro atoms. The number of rotatable bonds is 4. The highest BCUT2D eigenvalue weighted by Crippen LogP contribution is 2.39. The number of hydrogen-bond acceptors (Lipinski definition) is 4. The SMILES string of the molecule is O=C(c1ccc(-c2ccn[nH]2)cc1)N1CCCC12CCCN(Cc1ccccn1)C2=O. The van der Waals surface area contributed by atoms with Gasteiger partial charge in [-0.1, -0.05) is 18.2 Å². The van der Waals surface area contributed by atoms with E-state index in [1.165, 1.54) is 0 Å². The van der Waals surface area contributed by atoms with Gasteiger partial charge in [0.25, 0.3) is 5.91 Å². The van der Waals surface area contributed by atoms with E-state index >= 15 is 0 Å². The Hall–Kier alpha value is -3.48. The summed E-state index contributed by atoms with van der Waals surface area (Å²) in [5, 5.41) is 6.91. The van der Waals surface area contributed by atoms with E-state index in [0.717, 1.165) is 42.6 Å². The summed E-state index contributed by atoms with van der Waals surface area (Å²) >= 11 is 0. The summed E-state index contributed by atoms with van der Waals surface area (Å²) in [5.41, 5.74) is 2.63. The molecule has 1 aromatic carbocycles. The highest BCUT2D eigenvalue weighted by molar-refractivity contribution is 6.00. The Kier molecular flexibility index (Phi) is 5.02. The minimum atomic E-state index is -0.730. The summed E-state index contributed by atoms with van der Waals surface area (Å²) in [4.78, 5) is 35.1. The van der Waals surface area contributed by atoms with Crippen LogP contribution >= 0.6 is 0 Å². The van der Waals surface area contributed by atoms with E-state index in [1.807, 2.05) is 58.3 Å². The molecule has 0 saturated carbocycles. The number of nitrogens with one attached hydrogen (secondary N) is 1. The number of H-pyrrole nitrogens is 1. The van der Waals surface area contributed by atoms with Crippen molar-refractivity contribution in [2.75, 3.05) is 13.1 Å². The Morgan fingerprint density at radius 1 is 1.00 bits per heavy atom. The number of pyridine rings is 1. The predicted octanol–water partition coefficient (Wildman–Crippen LogP) is 3.27. The summed E-state index contributed by atoms with van der Waals surface area (Å²) in [6.45, 7) is 1.81. The molecule has 1 atom stereocenters. The molecule has 2 saturated heterocycles. The Balaban J connectivity index is 1.37. The van der Waals surface area contributed by atoms with Gasteiger partial charge in [0.2, 0.25) is 5.91 Å². The smallest absolute Gasteiger partial charge is 0.254 e. The summed E-state index contributed by atoms with van der Waals surface area (Å²) in [6, 6.07) is 15.1. The van der Waals surface area contributed by atoms with Gasteiger partial charge in [0.1, 0.15) is 5.54 Å². The van der Waals surface area contributed by atoms with Crippen molar-refractivity contribution in [1.29, 1.82) is 0 Å². The maximum atomic E-state index is 13.6. The van der Waals surface area contributed by atoms with Crippen LogP contribution in [0.1, 0.15) is 41.7 Å². The maximum Gasteiger partial charge on any atom is 0.254 e. The summed E-state index contributed by atoms with van der Waals surface area (Å²) in [7, 11) is 0. The molecule has 2 aliphatic rings. The van der Waals surface area contributed by atoms with Crippen molar-refractivity contribution in [2.24, 2.45) is 0 Å². The number of carbonyl (C=O) groups excluding carboxylic acids is 2. The van der Waals surface area contributed by atoms with Crippen LogP contribution in [0.3, 0.4) is 0 Å². The maximum absolute atomic E-state index is 13.6. The van der Waals surface area contributed by atoms with Gasteiger partial charge in [0.15, 0.2) is 0 Å². The van der Waals surface area contributed by atoms with Crippen molar-refractivity contribution < 1.29 is 9.59 Å². The summed E-state index contributed by atoms with van der Waals surface area (Å²) < 4.78 is 0. The molecule has 2 aromatic heterocycles. The van der Waals surface area contributed by atoms with E-state index in [2.05, 4.69) is 15.2 Å². The zero-order valence-electron chi connectivity index (χ0n) is 17.3. The van der Waals surface area contributed by atoms with Crippen LogP contribution in [0.2, 0.25) is 0 Å². The number of piperidine rings is 1. The van der Waals surface area contributed by atoms with Gasteiger partial charge in [-0.05, 0) is 61.6 Å². The molecule has 0 bridgehead atoms. The Bertz CT molecular complexity index is 1070. The van der Waals surface area contributed by atoms with E-state index in [4.69, 9.17) is 0 Å².